The second kappa shape index (κ2) is 5.79. The number of hydrogen-bond acceptors (Lipinski definition) is 4. The fourth-order valence-corrected chi connectivity index (χ4v) is 3.17. The van der Waals surface area contributed by atoms with Crippen LogP contribution in [0.1, 0.15) is 40.0 Å². The first-order valence-corrected chi connectivity index (χ1v) is 8.76. The van der Waals surface area contributed by atoms with Crippen LogP contribution in [0.3, 0.4) is 0 Å². The summed E-state index contributed by atoms with van der Waals surface area (Å²) >= 11 is 0. The molecule has 112 valence electrons. The minimum absolute atomic E-state index is 0.0866. The zero-order valence-corrected chi connectivity index (χ0v) is 13.2. The molecule has 1 aliphatic carbocycles. The summed E-state index contributed by atoms with van der Waals surface area (Å²) in [7, 11) is -3.43. The van der Waals surface area contributed by atoms with Gasteiger partial charge in [-0.05, 0) is 46.1 Å². The number of hydrogen-bond donors (Lipinski definition) is 1. The molecule has 1 amide bonds. The molecule has 6 heteroatoms. The van der Waals surface area contributed by atoms with Crippen molar-refractivity contribution < 1.29 is 13.2 Å². The quantitative estimate of drug-likeness (QED) is 0.811. The molecule has 2 N–H and O–H groups in total. The van der Waals surface area contributed by atoms with Crippen molar-refractivity contribution in [2.75, 3.05) is 19.3 Å². The third-order valence-corrected chi connectivity index (χ3v) is 6.39. The van der Waals surface area contributed by atoms with E-state index in [2.05, 4.69) is 0 Å². The third kappa shape index (κ3) is 3.11. The van der Waals surface area contributed by atoms with Gasteiger partial charge in [-0.2, -0.15) is 0 Å². The molecule has 0 spiro atoms. The molecule has 0 aliphatic heterocycles. The van der Waals surface area contributed by atoms with E-state index in [1.807, 2.05) is 6.92 Å². The molecule has 19 heavy (non-hydrogen) atoms. The molecular formula is C13H26N2O3S. The minimum Gasteiger partial charge on any atom is -0.338 e. The number of carbonyl (C=O) groups excluding carboxylic acids is 1. The van der Waals surface area contributed by atoms with Crippen molar-refractivity contribution in [2.45, 2.75) is 50.8 Å². The van der Waals surface area contributed by atoms with Gasteiger partial charge in [0.15, 0.2) is 9.84 Å². The topological polar surface area (TPSA) is 80.5 Å². The lowest BCUT2D eigenvalue weighted by Crippen LogP contribution is -2.54. The number of carbonyl (C=O) groups is 1. The average molecular weight is 290 g/mol. The van der Waals surface area contributed by atoms with Crippen molar-refractivity contribution in [1.82, 2.24) is 4.90 Å². The summed E-state index contributed by atoms with van der Waals surface area (Å²) in [4.78, 5) is 14.3. The second-order valence-electron chi connectivity index (χ2n) is 5.87. The zero-order valence-electron chi connectivity index (χ0n) is 12.3. The van der Waals surface area contributed by atoms with Crippen LogP contribution in [0, 0.1) is 5.92 Å². The van der Waals surface area contributed by atoms with E-state index < -0.39 is 14.6 Å². The van der Waals surface area contributed by atoms with E-state index in [0.29, 0.717) is 19.0 Å². The fourth-order valence-electron chi connectivity index (χ4n) is 2.74. The summed E-state index contributed by atoms with van der Waals surface area (Å²) in [6.45, 7) is 5.94. The molecule has 0 bridgehead atoms. The van der Waals surface area contributed by atoms with Crippen LogP contribution in [0.25, 0.3) is 0 Å². The van der Waals surface area contributed by atoms with Crippen LogP contribution >= 0.6 is 0 Å². The third-order valence-electron chi connectivity index (χ3n) is 4.37. The Hall–Kier alpha value is -0.620. The molecular weight excluding hydrogens is 264 g/mol. The number of nitrogens with two attached hydrogens (primary N) is 1. The molecule has 0 aromatic rings. The van der Waals surface area contributed by atoms with Crippen LogP contribution in [0.15, 0.2) is 0 Å². The van der Waals surface area contributed by atoms with Crippen LogP contribution < -0.4 is 5.73 Å². The van der Waals surface area contributed by atoms with Crippen molar-refractivity contribution in [2.24, 2.45) is 11.7 Å². The highest BCUT2D eigenvalue weighted by Crippen LogP contribution is 2.31. The largest absolute Gasteiger partial charge is 0.338 e. The van der Waals surface area contributed by atoms with E-state index in [4.69, 9.17) is 5.73 Å². The van der Waals surface area contributed by atoms with E-state index in [0.717, 1.165) is 25.5 Å². The van der Waals surface area contributed by atoms with Gasteiger partial charge in [-0.25, -0.2) is 8.42 Å². The Morgan fingerprint density at radius 2 is 1.95 bits per heavy atom. The van der Waals surface area contributed by atoms with Crippen LogP contribution in [0.4, 0.5) is 0 Å². The SMILES string of the molecule is CCN(C(=O)C(C)(C)S(C)(=O)=O)C1CCCC1CN. The molecule has 1 aliphatic rings. The van der Waals surface area contributed by atoms with E-state index in [9.17, 15) is 13.2 Å². The molecule has 0 heterocycles. The summed E-state index contributed by atoms with van der Waals surface area (Å²) in [5, 5.41) is 0. The smallest absolute Gasteiger partial charge is 0.243 e. The van der Waals surface area contributed by atoms with E-state index in [1.165, 1.54) is 13.8 Å². The number of nitrogens with zero attached hydrogens (tertiary/aromatic N) is 1. The molecule has 1 fully saturated rings. The fraction of sp³-hybridized carbons (Fsp3) is 0.923. The number of amides is 1. The monoisotopic (exact) mass is 290 g/mol. The van der Waals surface area contributed by atoms with Gasteiger partial charge in [0, 0.05) is 18.8 Å². The van der Waals surface area contributed by atoms with Gasteiger partial charge >= 0.3 is 0 Å². The maximum absolute atomic E-state index is 12.6. The molecule has 0 saturated heterocycles. The van der Waals surface area contributed by atoms with Crippen LogP contribution in [-0.2, 0) is 14.6 Å². The molecule has 2 unspecified atom stereocenters. The van der Waals surface area contributed by atoms with Crippen molar-refractivity contribution in [3.63, 3.8) is 0 Å². The standard InChI is InChI=1S/C13H26N2O3S/c1-5-15(11-8-6-7-10(11)9-14)12(16)13(2,3)19(4,17)18/h10-11H,5-9,14H2,1-4H3. The van der Waals surface area contributed by atoms with Gasteiger partial charge in [0.2, 0.25) is 5.91 Å². The van der Waals surface area contributed by atoms with Crippen molar-refractivity contribution in [3.05, 3.63) is 0 Å². The Labute approximate surface area is 116 Å². The lowest BCUT2D eigenvalue weighted by atomic mass is 10.0. The van der Waals surface area contributed by atoms with Crippen LogP contribution in [-0.4, -0.2) is 49.4 Å². The van der Waals surface area contributed by atoms with Gasteiger partial charge in [-0.3, -0.25) is 4.79 Å². The zero-order chi connectivity index (χ0) is 14.8. The molecule has 0 aromatic heterocycles. The Balaban J connectivity index is 3.01. The number of rotatable bonds is 5. The molecule has 2 atom stereocenters. The first-order valence-electron chi connectivity index (χ1n) is 6.87. The van der Waals surface area contributed by atoms with Gasteiger partial charge in [-0.15, -0.1) is 0 Å². The lowest BCUT2D eigenvalue weighted by Gasteiger charge is -2.36. The predicted octanol–water partition coefficient (Wildman–Crippen LogP) is 0.786. The second-order valence-corrected chi connectivity index (χ2v) is 8.43. The molecule has 0 radical (unpaired) electrons. The summed E-state index contributed by atoms with van der Waals surface area (Å²) in [5.74, 6) is -0.0119. The Morgan fingerprint density at radius 1 is 1.37 bits per heavy atom. The van der Waals surface area contributed by atoms with Gasteiger partial charge in [0.25, 0.3) is 0 Å². The maximum atomic E-state index is 12.6. The summed E-state index contributed by atoms with van der Waals surface area (Å²) in [5.41, 5.74) is 5.76. The average Bonchev–Trinajstić information content (AvgIpc) is 2.76. The first-order chi connectivity index (χ1) is 8.66. The van der Waals surface area contributed by atoms with Crippen molar-refractivity contribution >= 4 is 15.7 Å². The normalized spacial score (nSPS) is 24.5. The summed E-state index contributed by atoms with van der Waals surface area (Å²) < 4.78 is 22.2. The predicted molar refractivity (Wildman–Crippen MR) is 76.5 cm³/mol. The lowest BCUT2D eigenvalue weighted by molar-refractivity contribution is -0.136. The van der Waals surface area contributed by atoms with Gasteiger partial charge in [0.1, 0.15) is 4.75 Å². The van der Waals surface area contributed by atoms with Gasteiger partial charge in [-0.1, -0.05) is 6.42 Å². The van der Waals surface area contributed by atoms with Crippen LogP contribution in [0.2, 0.25) is 0 Å². The van der Waals surface area contributed by atoms with Gasteiger partial charge in [0.05, 0.1) is 0 Å². The van der Waals surface area contributed by atoms with Crippen molar-refractivity contribution in [1.29, 1.82) is 0 Å². The highest BCUT2D eigenvalue weighted by Gasteiger charge is 2.44. The van der Waals surface area contributed by atoms with Gasteiger partial charge < -0.3 is 10.6 Å². The van der Waals surface area contributed by atoms with Crippen molar-refractivity contribution in [3.8, 4) is 0 Å². The highest BCUT2D eigenvalue weighted by molar-refractivity contribution is 7.92. The Kier molecular flexibility index (Phi) is 5.01. The van der Waals surface area contributed by atoms with E-state index in [1.54, 1.807) is 4.90 Å². The molecule has 1 rings (SSSR count). The van der Waals surface area contributed by atoms with E-state index >= 15 is 0 Å². The molecule has 5 nitrogen and oxygen atoms in total. The van der Waals surface area contributed by atoms with Crippen LogP contribution in [0.5, 0.6) is 0 Å². The highest BCUT2D eigenvalue weighted by atomic mass is 32.2. The number of sulfone groups is 1. The first kappa shape index (κ1) is 16.4. The summed E-state index contributed by atoms with van der Waals surface area (Å²) in [6, 6.07) is 0.0866. The summed E-state index contributed by atoms with van der Waals surface area (Å²) in [6.07, 6.45) is 4.11. The minimum atomic E-state index is -3.43. The molecule has 0 aromatic carbocycles. The Bertz CT molecular complexity index is 431. The maximum Gasteiger partial charge on any atom is 0.243 e. The Morgan fingerprint density at radius 3 is 2.37 bits per heavy atom. The molecule has 1 saturated carbocycles. The van der Waals surface area contributed by atoms with E-state index in [-0.39, 0.29) is 11.9 Å².